The van der Waals surface area contributed by atoms with Crippen LogP contribution in [0.1, 0.15) is 18.7 Å². The summed E-state index contributed by atoms with van der Waals surface area (Å²) in [6.07, 6.45) is 3.42. The number of nitrogens with zero attached hydrogens (tertiary/aromatic N) is 2. The molecule has 5 nitrogen and oxygen atoms in total. The molecule has 1 aliphatic carbocycles. The van der Waals surface area contributed by atoms with Gasteiger partial charge in [-0.05, 0) is 43.4 Å². The fourth-order valence-corrected chi connectivity index (χ4v) is 2.51. The minimum Gasteiger partial charge on any atom is -0.468 e. The van der Waals surface area contributed by atoms with Gasteiger partial charge >= 0.3 is 5.97 Å². The van der Waals surface area contributed by atoms with Crippen LogP contribution in [0, 0.1) is 0 Å². The van der Waals surface area contributed by atoms with Crippen molar-refractivity contribution in [1.29, 1.82) is 0 Å². The Kier molecular flexibility index (Phi) is 3.25. The first-order valence-electron chi connectivity index (χ1n) is 6.26. The molecule has 6 heteroatoms. The number of benzene rings is 1. The molecular weight excluding hydrogens is 276 g/mol. The van der Waals surface area contributed by atoms with E-state index in [0.717, 1.165) is 5.56 Å². The Morgan fingerprint density at radius 1 is 1.35 bits per heavy atom. The van der Waals surface area contributed by atoms with Crippen LogP contribution in [0.25, 0.3) is 11.4 Å². The molecule has 0 unspecified atom stereocenters. The Morgan fingerprint density at radius 2 is 2.05 bits per heavy atom. The number of hydrogen-bond acceptors (Lipinski definition) is 6. The molecule has 3 rings (SSSR count). The minimum absolute atomic E-state index is 0.301. The molecule has 20 heavy (non-hydrogen) atoms. The number of carbonyl (C=O) groups excluding carboxylic acids is 1. The molecular formula is C14H14N2O3S. The standard InChI is InChI=1S/C14H14N2O3S/c1-18-13(17)14(7-8-14)12-15-11(16-19-12)9-3-5-10(20-2)6-4-9/h3-6H,7-8H2,1-2H3. The summed E-state index contributed by atoms with van der Waals surface area (Å²) in [6.45, 7) is 0. The molecule has 1 aliphatic rings. The van der Waals surface area contributed by atoms with Crippen LogP contribution in [-0.2, 0) is 14.9 Å². The van der Waals surface area contributed by atoms with Crippen molar-refractivity contribution in [3.8, 4) is 11.4 Å². The Hall–Kier alpha value is -1.82. The van der Waals surface area contributed by atoms with Crippen LogP contribution in [0.15, 0.2) is 33.7 Å². The number of rotatable bonds is 4. The van der Waals surface area contributed by atoms with Crippen LogP contribution in [0.2, 0.25) is 0 Å². The van der Waals surface area contributed by atoms with Crippen molar-refractivity contribution in [2.45, 2.75) is 23.2 Å². The first kappa shape index (κ1) is 13.2. The zero-order valence-corrected chi connectivity index (χ0v) is 12.1. The Bertz CT molecular complexity index is 632. The van der Waals surface area contributed by atoms with Crippen molar-refractivity contribution >= 4 is 17.7 Å². The molecule has 1 fully saturated rings. The number of ether oxygens (including phenoxy) is 1. The lowest BCUT2D eigenvalue weighted by Crippen LogP contribution is -2.22. The number of esters is 1. The van der Waals surface area contributed by atoms with E-state index in [9.17, 15) is 4.79 Å². The van der Waals surface area contributed by atoms with Crippen molar-refractivity contribution in [1.82, 2.24) is 10.1 Å². The summed E-state index contributed by atoms with van der Waals surface area (Å²) in [5.74, 6) is 0.557. The molecule has 0 amide bonds. The fourth-order valence-electron chi connectivity index (χ4n) is 2.10. The van der Waals surface area contributed by atoms with E-state index in [1.807, 2.05) is 30.5 Å². The lowest BCUT2D eigenvalue weighted by molar-refractivity contribution is -0.144. The van der Waals surface area contributed by atoms with Gasteiger partial charge < -0.3 is 9.26 Å². The highest BCUT2D eigenvalue weighted by Crippen LogP contribution is 2.48. The molecule has 1 aromatic carbocycles. The maximum Gasteiger partial charge on any atom is 0.321 e. The van der Waals surface area contributed by atoms with Crippen LogP contribution in [0.3, 0.4) is 0 Å². The molecule has 2 aromatic rings. The van der Waals surface area contributed by atoms with Crippen LogP contribution in [0.4, 0.5) is 0 Å². The Morgan fingerprint density at radius 3 is 2.60 bits per heavy atom. The normalized spacial score (nSPS) is 15.9. The molecule has 1 saturated carbocycles. The van der Waals surface area contributed by atoms with E-state index in [4.69, 9.17) is 9.26 Å². The van der Waals surface area contributed by atoms with E-state index in [2.05, 4.69) is 10.1 Å². The van der Waals surface area contributed by atoms with E-state index in [-0.39, 0.29) is 5.97 Å². The minimum atomic E-state index is -0.709. The summed E-state index contributed by atoms with van der Waals surface area (Å²) in [7, 11) is 1.38. The summed E-state index contributed by atoms with van der Waals surface area (Å²) in [5, 5.41) is 3.96. The molecule has 1 aromatic heterocycles. The van der Waals surface area contributed by atoms with Crippen LogP contribution in [0.5, 0.6) is 0 Å². The smallest absolute Gasteiger partial charge is 0.321 e. The van der Waals surface area contributed by atoms with Crippen molar-refractivity contribution in [3.63, 3.8) is 0 Å². The predicted molar refractivity (Wildman–Crippen MR) is 74.4 cm³/mol. The van der Waals surface area contributed by atoms with E-state index in [0.29, 0.717) is 24.6 Å². The summed E-state index contributed by atoms with van der Waals surface area (Å²) in [6, 6.07) is 7.89. The predicted octanol–water partition coefficient (Wildman–Crippen LogP) is 2.66. The molecule has 0 saturated heterocycles. The maximum absolute atomic E-state index is 11.8. The molecule has 1 heterocycles. The van der Waals surface area contributed by atoms with Crippen LogP contribution < -0.4 is 0 Å². The highest BCUT2D eigenvalue weighted by atomic mass is 32.2. The molecule has 0 atom stereocenters. The highest BCUT2D eigenvalue weighted by Gasteiger charge is 2.57. The van der Waals surface area contributed by atoms with Crippen molar-refractivity contribution in [2.24, 2.45) is 0 Å². The highest BCUT2D eigenvalue weighted by molar-refractivity contribution is 7.98. The third-order valence-electron chi connectivity index (χ3n) is 3.51. The number of thioether (sulfide) groups is 1. The summed E-state index contributed by atoms with van der Waals surface area (Å²) in [4.78, 5) is 17.3. The Labute approximate surface area is 120 Å². The summed E-state index contributed by atoms with van der Waals surface area (Å²) in [5.41, 5.74) is 0.164. The largest absolute Gasteiger partial charge is 0.468 e. The third-order valence-corrected chi connectivity index (χ3v) is 4.25. The van der Waals surface area contributed by atoms with Crippen LogP contribution in [-0.4, -0.2) is 29.5 Å². The van der Waals surface area contributed by atoms with E-state index in [1.54, 1.807) is 11.8 Å². The van der Waals surface area contributed by atoms with Gasteiger partial charge in [-0.15, -0.1) is 11.8 Å². The number of hydrogen-bond donors (Lipinski definition) is 0. The molecule has 0 aliphatic heterocycles. The molecule has 0 bridgehead atoms. The molecule has 0 N–H and O–H groups in total. The zero-order valence-electron chi connectivity index (χ0n) is 11.3. The van der Waals surface area contributed by atoms with Gasteiger partial charge in [0.15, 0.2) is 0 Å². The fraction of sp³-hybridized carbons (Fsp3) is 0.357. The second-order valence-electron chi connectivity index (χ2n) is 4.73. The monoisotopic (exact) mass is 290 g/mol. The van der Waals surface area contributed by atoms with Crippen LogP contribution >= 0.6 is 11.8 Å². The summed E-state index contributed by atoms with van der Waals surface area (Å²) >= 11 is 1.67. The van der Waals surface area contributed by atoms with Gasteiger partial charge in [0.2, 0.25) is 11.7 Å². The van der Waals surface area contributed by atoms with Crippen molar-refractivity contribution in [2.75, 3.05) is 13.4 Å². The Balaban J connectivity index is 1.88. The van der Waals surface area contributed by atoms with Gasteiger partial charge in [0.25, 0.3) is 0 Å². The second kappa shape index (κ2) is 4.94. The SMILES string of the molecule is COC(=O)C1(c2nc(-c3ccc(SC)cc3)no2)CC1. The second-order valence-corrected chi connectivity index (χ2v) is 5.60. The average Bonchev–Trinajstić information content (AvgIpc) is 3.17. The topological polar surface area (TPSA) is 65.2 Å². The third kappa shape index (κ3) is 2.10. The van der Waals surface area contributed by atoms with Gasteiger partial charge in [0, 0.05) is 10.5 Å². The van der Waals surface area contributed by atoms with Gasteiger partial charge in [-0.1, -0.05) is 5.16 Å². The number of aromatic nitrogens is 2. The first-order valence-corrected chi connectivity index (χ1v) is 7.49. The maximum atomic E-state index is 11.8. The van der Waals surface area contributed by atoms with E-state index in [1.165, 1.54) is 12.0 Å². The lowest BCUT2D eigenvalue weighted by Gasteiger charge is -2.05. The molecule has 0 radical (unpaired) electrons. The van der Waals surface area contributed by atoms with Crippen molar-refractivity contribution in [3.05, 3.63) is 30.2 Å². The van der Waals surface area contributed by atoms with Gasteiger partial charge in [0.1, 0.15) is 5.41 Å². The van der Waals surface area contributed by atoms with Crippen molar-refractivity contribution < 1.29 is 14.1 Å². The summed E-state index contributed by atoms with van der Waals surface area (Å²) < 4.78 is 10.1. The molecule has 104 valence electrons. The van der Waals surface area contributed by atoms with Gasteiger partial charge in [-0.2, -0.15) is 4.98 Å². The first-order chi connectivity index (χ1) is 9.69. The number of carbonyl (C=O) groups is 1. The average molecular weight is 290 g/mol. The molecule has 0 spiro atoms. The zero-order chi connectivity index (χ0) is 14.2. The number of methoxy groups -OCH3 is 1. The van der Waals surface area contributed by atoms with Gasteiger partial charge in [-0.3, -0.25) is 4.79 Å². The van der Waals surface area contributed by atoms with E-state index >= 15 is 0 Å². The van der Waals surface area contributed by atoms with Gasteiger partial charge in [-0.25, -0.2) is 0 Å². The lowest BCUT2D eigenvalue weighted by atomic mass is 10.1. The quantitative estimate of drug-likeness (QED) is 0.637. The van der Waals surface area contributed by atoms with Gasteiger partial charge in [0.05, 0.1) is 7.11 Å². The van der Waals surface area contributed by atoms with E-state index < -0.39 is 5.41 Å².